The van der Waals surface area contributed by atoms with Crippen LogP contribution in [0.25, 0.3) is 82.3 Å². The Morgan fingerprint density at radius 2 is 0.927 bits per heavy atom. The van der Waals surface area contributed by atoms with Crippen molar-refractivity contribution in [2.45, 2.75) is 0 Å². The smallest absolute Gasteiger partial charge is 0.165 e. The number of nitrogens with zero attached hydrogens (tertiary/aromatic N) is 3. The van der Waals surface area contributed by atoms with Crippen molar-refractivity contribution in [1.82, 2.24) is 14.4 Å². The normalized spacial score (nSPS) is 11.9. The van der Waals surface area contributed by atoms with Crippen LogP contribution in [0.15, 0.2) is 140 Å². The van der Waals surface area contributed by atoms with E-state index in [4.69, 9.17) is 9.97 Å². The number of hydrogen-bond acceptors (Lipinski definition) is 2. The van der Waals surface area contributed by atoms with Crippen molar-refractivity contribution in [3.63, 3.8) is 0 Å². The monoisotopic (exact) mass is 521 g/mol. The Bertz CT molecular complexity index is 2430. The first-order valence-corrected chi connectivity index (χ1v) is 13.9. The van der Waals surface area contributed by atoms with Crippen LogP contribution in [0.5, 0.6) is 0 Å². The molecule has 0 unspecified atom stereocenters. The molecule has 190 valence electrons. The molecule has 0 aliphatic rings. The molecule has 0 saturated carbocycles. The van der Waals surface area contributed by atoms with Gasteiger partial charge in [0, 0.05) is 22.5 Å². The maximum Gasteiger partial charge on any atom is 0.165 e. The van der Waals surface area contributed by atoms with E-state index in [1.165, 1.54) is 43.4 Å². The molecule has 6 aromatic carbocycles. The molecule has 41 heavy (non-hydrogen) atoms. The van der Waals surface area contributed by atoms with Gasteiger partial charge in [-0.05, 0) is 61.6 Å². The summed E-state index contributed by atoms with van der Waals surface area (Å²) in [6, 6.07) is 47.7. The van der Waals surface area contributed by atoms with Crippen molar-refractivity contribution < 1.29 is 0 Å². The van der Waals surface area contributed by atoms with Gasteiger partial charge in [0.25, 0.3) is 0 Å². The summed E-state index contributed by atoms with van der Waals surface area (Å²) in [7, 11) is 0. The molecule has 0 aliphatic carbocycles. The fraction of sp³-hybridized carbons (Fsp3) is 0. The van der Waals surface area contributed by atoms with Gasteiger partial charge in [-0.3, -0.25) is 4.40 Å². The van der Waals surface area contributed by atoms with Crippen LogP contribution in [0.1, 0.15) is 0 Å². The van der Waals surface area contributed by atoms with Gasteiger partial charge >= 0.3 is 0 Å². The second kappa shape index (κ2) is 8.48. The minimum Gasteiger partial charge on any atom is -0.284 e. The van der Waals surface area contributed by atoms with E-state index in [2.05, 4.69) is 120 Å². The Morgan fingerprint density at radius 1 is 0.390 bits per heavy atom. The molecule has 0 amide bonds. The van der Waals surface area contributed by atoms with Gasteiger partial charge in [0.1, 0.15) is 11.2 Å². The summed E-state index contributed by atoms with van der Waals surface area (Å²) in [5.41, 5.74) is 7.18. The Hall–Kier alpha value is -5.54. The number of fused-ring (bicyclic) bond motifs is 11. The lowest BCUT2D eigenvalue weighted by molar-refractivity contribution is 1.19. The second-order valence-electron chi connectivity index (χ2n) is 10.6. The van der Waals surface area contributed by atoms with Gasteiger partial charge in [-0.1, -0.05) is 115 Å². The molecule has 0 atom stereocenters. The molecule has 3 heterocycles. The third-order valence-corrected chi connectivity index (χ3v) is 8.40. The Balaban J connectivity index is 1.22. The van der Waals surface area contributed by atoms with Crippen LogP contribution >= 0.6 is 0 Å². The highest BCUT2D eigenvalue weighted by atomic mass is 15.1. The predicted molar refractivity (Wildman–Crippen MR) is 171 cm³/mol. The number of imidazole rings is 1. The highest BCUT2D eigenvalue weighted by molar-refractivity contribution is 6.25. The lowest BCUT2D eigenvalue weighted by atomic mass is 9.92. The fourth-order valence-corrected chi connectivity index (χ4v) is 6.46. The molecular weight excluding hydrogens is 498 g/mol. The van der Waals surface area contributed by atoms with E-state index in [9.17, 15) is 0 Å². The summed E-state index contributed by atoms with van der Waals surface area (Å²) in [5, 5.41) is 9.98. The van der Waals surface area contributed by atoms with E-state index >= 15 is 0 Å². The Kier molecular flexibility index (Phi) is 4.61. The third kappa shape index (κ3) is 3.26. The largest absolute Gasteiger partial charge is 0.284 e. The van der Waals surface area contributed by atoms with Gasteiger partial charge in [0.15, 0.2) is 5.65 Å². The molecule has 9 aromatic rings. The highest BCUT2D eigenvalue weighted by Gasteiger charge is 2.15. The maximum atomic E-state index is 5.17. The molecule has 3 nitrogen and oxygen atoms in total. The van der Waals surface area contributed by atoms with E-state index in [0.717, 1.165) is 38.8 Å². The van der Waals surface area contributed by atoms with Crippen molar-refractivity contribution >= 4 is 59.9 Å². The molecule has 9 rings (SSSR count). The van der Waals surface area contributed by atoms with E-state index in [1.807, 2.05) is 24.4 Å². The summed E-state index contributed by atoms with van der Waals surface area (Å²) in [6.45, 7) is 0. The van der Waals surface area contributed by atoms with E-state index in [1.54, 1.807) is 0 Å². The van der Waals surface area contributed by atoms with Gasteiger partial charge in [0.05, 0.1) is 5.69 Å². The van der Waals surface area contributed by atoms with Gasteiger partial charge in [-0.25, -0.2) is 9.97 Å². The SMILES string of the molecule is c1ccc2c(c1)c(-c1ccc(-c3ccc4c5ccccc5c5ccccc5c4c3)cc1)nc1c2nc2ccccn21. The molecule has 0 spiro atoms. The molecule has 3 heteroatoms. The zero-order valence-electron chi connectivity index (χ0n) is 22.1. The van der Waals surface area contributed by atoms with Gasteiger partial charge in [-0.2, -0.15) is 0 Å². The minimum absolute atomic E-state index is 0.881. The molecule has 0 saturated heterocycles. The zero-order valence-corrected chi connectivity index (χ0v) is 22.1. The maximum absolute atomic E-state index is 5.17. The van der Waals surface area contributed by atoms with Gasteiger partial charge in [-0.15, -0.1) is 0 Å². The first kappa shape index (κ1) is 22.3. The first-order chi connectivity index (χ1) is 20.3. The second-order valence-corrected chi connectivity index (χ2v) is 10.6. The summed E-state index contributed by atoms with van der Waals surface area (Å²) in [5.74, 6) is 0. The Labute approximate surface area is 236 Å². The van der Waals surface area contributed by atoms with Gasteiger partial charge in [0.2, 0.25) is 0 Å². The van der Waals surface area contributed by atoms with E-state index in [-0.39, 0.29) is 0 Å². The molecule has 3 aromatic heterocycles. The number of benzene rings is 6. The Morgan fingerprint density at radius 3 is 1.63 bits per heavy atom. The number of aromatic nitrogens is 3. The molecular formula is C38H23N3. The standard InChI is InChI=1S/C38H23N3/c1-2-11-29-27(9-1)28-10-3-4-12-30(28)34-23-26(20-21-31(29)34)24-16-18-25(19-17-24)36-32-13-5-6-14-33(32)37-38(40-36)41-22-8-7-15-35(41)39-37/h1-23H. The lowest BCUT2D eigenvalue weighted by Crippen LogP contribution is -1.91. The van der Waals surface area contributed by atoms with Crippen LogP contribution in [-0.2, 0) is 0 Å². The van der Waals surface area contributed by atoms with Crippen molar-refractivity contribution in [3.8, 4) is 22.4 Å². The van der Waals surface area contributed by atoms with Crippen molar-refractivity contribution in [1.29, 1.82) is 0 Å². The first-order valence-electron chi connectivity index (χ1n) is 13.9. The van der Waals surface area contributed by atoms with E-state index < -0.39 is 0 Å². The van der Waals surface area contributed by atoms with E-state index in [0.29, 0.717) is 0 Å². The van der Waals surface area contributed by atoms with Crippen molar-refractivity contribution in [3.05, 3.63) is 140 Å². The van der Waals surface area contributed by atoms with Crippen LogP contribution in [0.4, 0.5) is 0 Å². The third-order valence-electron chi connectivity index (χ3n) is 8.40. The molecule has 0 bridgehead atoms. The zero-order chi connectivity index (χ0) is 26.9. The number of rotatable bonds is 2. The molecule has 0 N–H and O–H groups in total. The molecule has 0 radical (unpaired) electrons. The summed E-state index contributed by atoms with van der Waals surface area (Å²) >= 11 is 0. The van der Waals surface area contributed by atoms with Crippen molar-refractivity contribution in [2.24, 2.45) is 0 Å². The van der Waals surface area contributed by atoms with Crippen molar-refractivity contribution in [2.75, 3.05) is 0 Å². The number of pyridine rings is 2. The fourth-order valence-electron chi connectivity index (χ4n) is 6.46. The molecule has 0 aliphatic heterocycles. The van der Waals surface area contributed by atoms with Gasteiger partial charge < -0.3 is 0 Å². The number of hydrogen-bond donors (Lipinski definition) is 0. The van der Waals surface area contributed by atoms with Crippen LogP contribution in [0.3, 0.4) is 0 Å². The highest BCUT2D eigenvalue weighted by Crippen LogP contribution is 2.38. The predicted octanol–water partition coefficient (Wildman–Crippen LogP) is 9.83. The topological polar surface area (TPSA) is 30.2 Å². The van der Waals surface area contributed by atoms with Crippen LogP contribution in [-0.4, -0.2) is 14.4 Å². The van der Waals surface area contributed by atoms with Crippen LogP contribution in [0.2, 0.25) is 0 Å². The lowest BCUT2D eigenvalue weighted by Gasteiger charge is -2.12. The molecule has 0 fully saturated rings. The summed E-state index contributed by atoms with van der Waals surface area (Å²) in [4.78, 5) is 10.1. The minimum atomic E-state index is 0.881. The summed E-state index contributed by atoms with van der Waals surface area (Å²) < 4.78 is 2.07. The average molecular weight is 522 g/mol. The average Bonchev–Trinajstić information content (AvgIpc) is 3.43. The van der Waals surface area contributed by atoms with Crippen LogP contribution in [0, 0.1) is 0 Å². The quantitative estimate of drug-likeness (QED) is 0.212. The van der Waals surface area contributed by atoms with Crippen LogP contribution < -0.4 is 0 Å². The summed E-state index contributed by atoms with van der Waals surface area (Å²) in [6.07, 6.45) is 2.03.